The van der Waals surface area contributed by atoms with Gasteiger partial charge in [0.2, 0.25) is 0 Å². The van der Waals surface area contributed by atoms with Crippen LogP contribution in [0.25, 0.3) is 0 Å². The summed E-state index contributed by atoms with van der Waals surface area (Å²) in [5.41, 5.74) is 7.61. The zero-order valence-corrected chi connectivity index (χ0v) is 12.9. The molecule has 0 aliphatic carbocycles. The SMILES string of the molecule is CC(N)Cc1cc(F)cc(OCc2cccc(Br)c2)c1. The fourth-order valence-corrected chi connectivity index (χ4v) is 2.43. The zero-order valence-electron chi connectivity index (χ0n) is 11.3. The maximum absolute atomic E-state index is 13.5. The lowest BCUT2D eigenvalue weighted by molar-refractivity contribution is 0.304. The van der Waals surface area contributed by atoms with E-state index >= 15 is 0 Å². The van der Waals surface area contributed by atoms with Crippen molar-refractivity contribution in [2.24, 2.45) is 5.73 Å². The number of halogens is 2. The number of benzene rings is 2. The predicted molar refractivity (Wildman–Crippen MR) is 82.2 cm³/mol. The molecule has 0 saturated heterocycles. The van der Waals surface area contributed by atoms with Crippen molar-refractivity contribution in [2.75, 3.05) is 0 Å². The Hall–Kier alpha value is -1.39. The maximum atomic E-state index is 13.5. The highest BCUT2D eigenvalue weighted by Gasteiger charge is 2.05. The van der Waals surface area contributed by atoms with E-state index in [-0.39, 0.29) is 11.9 Å². The highest BCUT2D eigenvalue weighted by Crippen LogP contribution is 2.20. The lowest BCUT2D eigenvalue weighted by Gasteiger charge is -2.10. The fourth-order valence-electron chi connectivity index (χ4n) is 1.99. The Morgan fingerprint density at radius 3 is 2.70 bits per heavy atom. The van der Waals surface area contributed by atoms with Gasteiger partial charge in [-0.2, -0.15) is 0 Å². The third-order valence-corrected chi connectivity index (χ3v) is 3.28. The van der Waals surface area contributed by atoms with Crippen LogP contribution in [0.2, 0.25) is 0 Å². The van der Waals surface area contributed by atoms with Gasteiger partial charge in [-0.1, -0.05) is 28.1 Å². The highest BCUT2D eigenvalue weighted by molar-refractivity contribution is 9.10. The van der Waals surface area contributed by atoms with Crippen LogP contribution in [0.15, 0.2) is 46.9 Å². The first kappa shape index (κ1) is 15.0. The minimum absolute atomic E-state index is 0.00488. The van der Waals surface area contributed by atoms with Crippen molar-refractivity contribution in [3.8, 4) is 5.75 Å². The Labute approximate surface area is 126 Å². The largest absolute Gasteiger partial charge is 0.489 e. The quantitative estimate of drug-likeness (QED) is 0.892. The minimum Gasteiger partial charge on any atom is -0.489 e. The Bertz CT molecular complexity index is 586. The van der Waals surface area contributed by atoms with Gasteiger partial charge < -0.3 is 10.5 Å². The topological polar surface area (TPSA) is 35.2 Å². The van der Waals surface area contributed by atoms with E-state index in [2.05, 4.69) is 15.9 Å². The molecular formula is C16H17BrFNO. The molecule has 1 atom stereocenters. The summed E-state index contributed by atoms with van der Waals surface area (Å²) in [6.45, 7) is 2.30. The smallest absolute Gasteiger partial charge is 0.127 e. The standard InChI is InChI=1S/C16H17BrFNO/c1-11(19)5-13-7-15(18)9-16(8-13)20-10-12-3-2-4-14(17)6-12/h2-4,6-9,11H,5,10,19H2,1H3. The average molecular weight is 338 g/mol. The van der Waals surface area contributed by atoms with Crippen LogP contribution in [0.1, 0.15) is 18.1 Å². The zero-order chi connectivity index (χ0) is 14.5. The Morgan fingerprint density at radius 1 is 1.20 bits per heavy atom. The van der Waals surface area contributed by atoms with E-state index in [9.17, 15) is 4.39 Å². The van der Waals surface area contributed by atoms with Gasteiger partial charge in [-0.25, -0.2) is 4.39 Å². The fraction of sp³-hybridized carbons (Fsp3) is 0.250. The van der Waals surface area contributed by atoms with Crippen LogP contribution in [0.5, 0.6) is 5.75 Å². The van der Waals surface area contributed by atoms with Gasteiger partial charge in [0.25, 0.3) is 0 Å². The second-order valence-corrected chi connectivity index (χ2v) is 5.81. The van der Waals surface area contributed by atoms with Gasteiger partial charge >= 0.3 is 0 Å². The van der Waals surface area contributed by atoms with Gasteiger partial charge in [0.1, 0.15) is 18.2 Å². The summed E-state index contributed by atoms with van der Waals surface area (Å²) in [4.78, 5) is 0. The van der Waals surface area contributed by atoms with E-state index in [0.717, 1.165) is 15.6 Å². The van der Waals surface area contributed by atoms with Crippen molar-refractivity contribution in [3.63, 3.8) is 0 Å². The minimum atomic E-state index is -0.299. The van der Waals surface area contributed by atoms with Crippen LogP contribution in [-0.4, -0.2) is 6.04 Å². The molecule has 0 aromatic heterocycles. The molecule has 0 spiro atoms. The number of hydrogen-bond acceptors (Lipinski definition) is 2. The maximum Gasteiger partial charge on any atom is 0.127 e. The predicted octanol–water partition coefficient (Wildman–Crippen LogP) is 4.06. The molecule has 0 radical (unpaired) electrons. The summed E-state index contributed by atoms with van der Waals surface area (Å²) < 4.78 is 20.2. The molecule has 106 valence electrons. The second kappa shape index (κ2) is 6.86. The third kappa shape index (κ3) is 4.62. The molecule has 1 unspecified atom stereocenters. The van der Waals surface area contributed by atoms with Crippen molar-refractivity contribution < 1.29 is 9.13 Å². The first-order chi connectivity index (χ1) is 9.52. The van der Waals surface area contributed by atoms with Crippen LogP contribution < -0.4 is 10.5 Å². The first-order valence-corrected chi connectivity index (χ1v) is 7.24. The third-order valence-electron chi connectivity index (χ3n) is 2.78. The molecule has 4 heteroatoms. The molecule has 0 fully saturated rings. The summed E-state index contributed by atoms with van der Waals surface area (Å²) in [5, 5.41) is 0. The van der Waals surface area contributed by atoms with Gasteiger partial charge in [-0.05, 0) is 48.7 Å². The summed E-state index contributed by atoms with van der Waals surface area (Å²) in [5.74, 6) is 0.230. The lowest BCUT2D eigenvalue weighted by Crippen LogP contribution is -2.17. The van der Waals surface area contributed by atoms with Crippen molar-refractivity contribution in [1.29, 1.82) is 0 Å². The Morgan fingerprint density at radius 2 is 2.00 bits per heavy atom. The molecule has 0 bridgehead atoms. The van der Waals surface area contributed by atoms with E-state index in [1.54, 1.807) is 0 Å². The summed E-state index contributed by atoms with van der Waals surface area (Å²) in [7, 11) is 0. The van der Waals surface area contributed by atoms with E-state index < -0.39 is 0 Å². The van der Waals surface area contributed by atoms with Crippen molar-refractivity contribution >= 4 is 15.9 Å². The monoisotopic (exact) mass is 337 g/mol. The molecule has 20 heavy (non-hydrogen) atoms. The molecule has 0 amide bonds. The molecule has 0 aliphatic rings. The average Bonchev–Trinajstić information content (AvgIpc) is 2.35. The van der Waals surface area contributed by atoms with Crippen LogP contribution in [0, 0.1) is 5.82 Å². The first-order valence-electron chi connectivity index (χ1n) is 6.45. The van der Waals surface area contributed by atoms with Crippen LogP contribution in [-0.2, 0) is 13.0 Å². The lowest BCUT2D eigenvalue weighted by atomic mass is 10.1. The van der Waals surface area contributed by atoms with Gasteiger partial charge in [0.15, 0.2) is 0 Å². The summed E-state index contributed by atoms with van der Waals surface area (Å²) in [6, 6.07) is 12.6. The molecule has 0 aliphatic heterocycles. The van der Waals surface area contributed by atoms with Crippen molar-refractivity contribution in [1.82, 2.24) is 0 Å². The highest BCUT2D eigenvalue weighted by atomic mass is 79.9. The van der Waals surface area contributed by atoms with Gasteiger partial charge in [0.05, 0.1) is 0 Å². The number of hydrogen-bond donors (Lipinski definition) is 1. The van der Waals surface area contributed by atoms with Crippen LogP contribution >= 0.6 is 15.9 Å². The summed E-state index contributed by atoms with van der Waals surface area (Å²) in [6.07, 6.45) is 0.630. The van der Waals surface area contributed by atoms with Gasteiger partial charge in [-0.3, -0.25) is 0 Å². The van der Waals surface area contributed by atoms with E-state index in [4.69, 9.17) is 10.5 Å². The molecule has 2 aromatic carbocycles. The van der Waals surface area contributed by atoms with Crippen molar-refractivity contribution in [3.05, 3.63) is 63.9 Å². The Kier molecular flexibility index (Phi) is 5.15. The van der Waals surface area contributed by atoms with E-state index in [1.165, 1.54) is 12.1 Å². The second-order valence-electron chi connectivity index (χ2n) is 4.90. The number of ether oxygens (including phenoxy) is 1. The molecular weight excluding hydrogens is 321 g/mol. The van der Waals surface area contributed by atoms with Gasteiger partial charge in [-0.15, -0.1) is 0 Å². The Balaban J connectivity index is 2.07. The molecule has 0 heterocycles. The van der Waals surface area contributed by atoms with Gasteiger partial charge in [0, 0.05) is 16.6 Å². The molecule has 2 aromatic rings. The van der Waals surface area contributed by atoms with E-state index in [0.29, 0.717) is 18.8 Å². The normalized spacial score (nSPS) is 12.2. The molecule has 0 saturated carbocycles. The molecule has 2 nitrogen and oxygen atoms in total. The van der Waals surface area contributed by atoms with Crippen LogP contribution in [0.3, 0.4) is 0 Å². The van der Waals surface area contributed by atoms with Crippen LogP contribution in [0.4, 0.5) is 4.39 Å². The summed E-state index contributed by atoms with van der Waals surface area (Å²) >= 11 is 3.41. The molecule has 2 rings (SSSR count). The number of rotatable bonds is 5. The molecule has 2 N–H and O–H groups in total. The number of nitrogens with two attached hydrogens (primary N) is 1. The van der Waals surface area contributed by atoms with Crippen molar-refractivity contribution in [2.45, 2.75) is 26.0 Å². The van der Waals surface area contributed by atoms with E-state index in [1.807, 2.05) is 37.3 Å².